The first-order valence-corrected chi connectivity index (χ1v) is 17.9. The van der Waals surface area contributed by atoms with Crippen molar-refractivity contribution in [2.75, 3.05) is 19.8 Å². The van der Waals surface area contributed by atoms with E-state index in [0.717, 1.165) is 58.5 Å². The number of carbonyl (C=O) groups excluding carboxylic acids is 1. The molecule has 1 saturated carbocycles. The highest BCUT2D eigenvalue weighted by Crippen LogP contribution is 2.53. The Bertz CT molecular complexity index is 1940. The van der Waals surface area contributed by atoms with Gasteiger partial charge in [0, 0.05) is 49.4 Å². The molecule has 2 saturated heterocycles. The van der Waals surface area contributed by atoms with E-state index < -0.39 is 42.5 Å². The fourth-order valence-corrected chi connectivity index (χ4v) is 8.68. The monoisotopic (exact) mass is 705 g/mol. The maximum Gasteiger partial charge on any atom is 0.411 e. The number of aromatic amines is 2. The molecule has 2 aliphatic carbocycles. The standard InChI is InChI=1S/C39H43F4N5O3/c1-36(2,3)51-35(49)48-22-39(42,43)19-31(48)34-45-20-29(46-34)24-6-4-23(5-7-24)26-8-9-27(28-11-12-37(32(26)28)14-16-50-17-15-37)30-21-44-33(47-30)25-10-13-38(40,41)18-25/h4-9,20-21,25,31H,10-19,22H2,1-3H3,(H,44,47)(H,45,46)/t25-,31-/m0/s1. The van der Waals surface area contributed by atoms with Crippen LogP contribution < -0.4 is 0 Å². The third-order valence-electron chi connectivity index (χ3n) is 11.1. The van der Waals surface area contributed by atoms with E-state index in [1.54, 1.807) is 33.2 Å². The predicted octanol–water partition coefficient (Wildman–Crippen LogP) is 9.35. The Morgan fingerprint density at radius 2 is 1.51 bits per heavy atom. The molecule has 3 fully saturated rings. The third kappa shape index (κ3) is 6.44. The van der Waals surface area contributed by atoms with Gasteiger partial charge in [-0.1, -0.05) is 36.4 Å². The Hall–Kier alpha value is -4.19. The fraction of sp³-hybridized carbons (Fsp3) is 0.513. The summed E-state index contributed by atoms with van der Waals surface area (Å²) in [4.78, 5) is 29.5. The maximum absolute atomic E-state index is 14.6. The van der Waals surface area contributed by atoms with Gasteiger partial charge >= 0.3 is 6.09 Å². The number of nitrogens with zero attached hydrogens (tertiary/aromatic N) is 3. The van der Waals surface area contributed by atoms with E-state index in [4.69, 9.17) is 9.47 Å². The molecule has 2 aromatic heterocycles. The van der Waals surface area contributed by atoms with Crippen LogP contribution in [-0.2, 0) is 21.3 Å². The van der Waals surface area contributed by atoms with Crippen LogP contribution in [0.3, 0.4) is 0 Å². The zero-order chi connectivity index (χ0) is 35.8. The summed E-state index contributed by atoms with van der Waals surface area (Å²) >= 11 is 0. The molecule has 1 spiro atoms. The van der Waals surface area contributed by atoms with Crippen LogP contribution >= 0.6 is 0 Å². The normalized spacial score (nSPS) is 23.5. The van der Waals surface area contributed by atoms with Gasteiger partial charge in [-0.15, -0.1) is 0 Å². The van der Waals surface area contributed by atoms with Gasteiger partial charge in [0.05, 0.1) is 36.4 Å². The van der Waals surface area contributed by atoms with Crippen LogP contribution in [0.25, 0.3) is 33.6 Å². The second kappa shape index (κ2) is 12.2. The molecule has 2 N–H and O–H groups in total. The molecule has 2 aliphatic heterocycles. The van der Waals surface area contributed by atoms with Crippen molar-refractivity contribution < 1.29 is 31.8 Å². The van der Waals surface area contributed by atoms with Crippen molar-refractivity contribution in [3.05, 3.63) is 71.6 Å². The molecular weight excluding hydrogens is 662 g/mol. The summed E-state index contributed by atoms with van der Waals surface area (Å²) in [5, 5.41) is 0. The van der Waals surface area contributed by atoms with Crippen LogP contribution in [0.2, 0.25) is 0 Å². The molecule has 0 unspecified atom stereocenters. The number of aromatic nitrogens is 4. The van der Waals surface area contributed by atoms with Crippen LogP contribution in [0.4, 0.5) is 22.4 Å². The van der Waals surface area contributed by atoms with E-state index in [9.17, 15) is 22.4 Å². The molecule has 4 aliphatic rings. The average Bonchev–Trinajstić information content (AvgIpc) is 3.91. The summed E-state index contributed by atoms with van der Waals surface area (Å²) in [6.07, 6.45) is 6.01. The van der Waals surface area contributed by atoms with E-state index in [1.807, 2.05) is 12.1 Å². The lowest BCUT2D eigenvalue weighted by Crippen LogP contribution is -2.38. The van der Waals surface area contributed by atoms with Crippen molar-refractivity contribution in [1.82, 2.24) is 24.8 Å². The largest absolute Gasteiger partial charge is 0.444 e. The van der Waals surface area contributed by atoms with Crippen molar-refractivity contribution >= 4 is 6.09 Å². The van der Waals surface area contributed by atoms with Crippen LogP contribution in [0.5, 0.6) is 0 Å². The minimum Gasteiger partial charge on any atom is -0.444 e. The van der Waals surface area contributed by atoms with Crippen LogP contribution in [0.15, 0.2) is 48.8 Å². The van der Waals surface area contributed by atoms with Crippen molar-refractivity contribution in [2.24, 2.45) is 0 Å². The van der Waals surface area contributed by atoms with E-state index in [-0.39, 0.29) is 30.0 Å². The first kappa shape index (κ1) is 33.9. The van der Waals surface area contributed by atoms with Gasteiger partial charge in [0.25, 0.3) is 5.92 Å². The first-order chi connectivity index (χ1) is 24.2. The lowest BCUT2D eigenvalue weighted by molar-refractivity contribution is -0.00248. The number of hydrogen-bond donors (Lipinski definition) is 2. The van der Waals surface area contributed by atoms with Crippen molar-refractivity contribution in [3.8, 4) is 33.6 Å². The number of H-pyrrole nitrogens is 2. The molecule has 51 heavy (non-hydrogen) atoms. The maximum atomic E-state index is 14.6. The van der Waals surface area contributed by atoms with Gasteiger partial charge < -0.3 is 19.4 Å². The second-order valence-electron chi connectivity index (χ2n) is 15.8. The molecule has 4 heterocycles. The number of benzene rings is 2. The number of hydrogen-bond acceptors (Lipinski definition) is 5. The quantitative estimate of drug-likeness (QED) is 0.202. The van der Waals surface area contributed by atoms with Crippen LogP contribution in [-0.4, -0.2) is 68.1 Å². The van der Waals surface area contributed by atoms with Gasteiger partial charge in [-0.25, -0.2) is 32.3 Å². The molecule has 12 heteroatoms. The molecule has 2 atom stereocenters. The zero-order valence-corrected chi connectivity index (χ0v) is 29.1. The summed E-state index contributed by atoms with van der Waals surface area (Å²) in [6.45, 7) is 5.78. The molecule has 4 aromatic rings. The average molecular weight is 706 g/mol. The van der Waals surface area contributed by atoms with Gasteiger partial charge in [0.15, 0.2) is 0 Å². The number of ether oxygens (including phenoxy) is 2. The van der Waals surface area contributed by atoms with Gasteiger partial charge in [-0.05, 0) is 80.7 Å². The number of carbonyl (C=O) groups is 1. The highest BCUT2D eigenvalue weighted by atomic mass is 19.3. The van der Waals surface area contributed by atoms with E-state index in [0.29, 0.717) is 31.2 Å². The summed E-state index contributed by atoms with van der Waals surface area (Å²) in [5.74, 6) is -5.04. The lowest BCUT2D eigenvalue weighted by atomic mass is 9.72. The molecule has 8 rings (SSSR count). The van der Waals surface area contributed by atoms with Crippen LogP contribution in [0.1, 0.15) is 100 Å². The van der Waals surface area contributed by atoms with Gasteiger partial charge in [-0.2, -0.15) is 0 Å². The first-order valence-electron chi connectivity index (χ1n) is 17.9. The van der Waals surface area contributed by atoms with E-state index >= 15 is 0 Å². The SMILES string of the molecule is CC(C)(C)OC(=O)N1CC(F)(F)C[C@H]1c1ncc(-c2ccc(-c3ccc(-c4cnc([C@H]5CCC(F)(F)C5)[nH]4)c4c3C3(CCOCC3)CC4)cc2)[nH]1. The number of rotatable bonds is 5. The van der Waals surface area contributed by atoms with E-state index in [2.05, 4.69) is 44.2 Å². The summed E-state index contributed by atoms with van der Waals surface area (Å²) in [7, 11) is 0. The molecule has 8 nitrogen and oxygen atoms in total. The van der Waals surface area contributed by atoms with Gasteiger partial charge in [0.1, 0.15) is 17.2 Å². The zero-order valence-electron chi connectivity index (χ0n) is 29.1. The molecule has 2 aromatic carbocycles. The third-order valence-corrected chi connectivity index (χ3v) is 11.1. The Morgan fingerprint density at radius 3 is 2.22 bits per heavy atom. The highest BCUT2D eigenvalue weighted by Gasteiger charge is 2.50. The van der Waals surface area contributed by atoms with Crippen molar-refractivity contribution in [2.45, 2.75) is 107 Å². The Morgan fingerprint density at radius 1 is 0.843 bits per heavy atom. The number of nitrogens with one attached hydrogen (secondary N) is 2. The Labute approximate surface area is 294 Å². The predicted molar refractivity (Wildman–Crippen MR) is 184 cm³/mol. The summed E-state index contributed by atoms with van der Waals surface area (Å²) in [5.41, 5.74) is 7.40. The topological polar surface area (TPSA) is 96.1 Å². The number of halogens is 4. The minimum absolute atomic E-state index is 0.0183. The molecule has 0 radical (unpaired) electrons. The number of amides is 1. The Kier molecular flexibility index (Phi) is 8.12. The molecule has 270 valence electrons. The molecular formula is C39H43F4N5O3. The number of imidazole rings is 2. The van der Waals surface area contributed by atoms with E-state index in [1.165, 1.54) is 11.1 Å². The van der Waals surface area contributed by atoms with Crippen molar-refractivity contribution in [1.29, 1.82) is 0 Å². The smallest absolute Gasteiger partial charge is 0.411 e. The minimum atomic E-state index is -3.05. The summed E-state index contributed by atoms with van der Waals surface area (Å²) in [6, 6.07) is 11.5. The highest BCUT2D eigenvalue weighted by molar-refractivity contribution is 5.80. The summed E-state index contributed by atoms with van der Waals surface area (Å²) < 4.78 is 68.4. The fourth-order valence-electron chi connectivity index (χ4n) is 8.68. The number of fused-ring (bicyclic) bond motifs is 2. The number of alkyl halides is 4. The van der Waals surface area contributed by atoms with Gasteiger partial charge in [-0.3, -0.25) is 4.90 Å². The van der Waals surface area contributed by atoms with Gasteiger partial charge in [0.2, 0.25) is 5.92 Å². The molecule has 0 bridgehead atoms. The number of likely N-dealkylation sites (tertiary alicyclic amines) is 1. The molecule has 1 amide bonds. The Balaban J connectivity index is 1.09. The second-order valence-corrected chi connectivity index (χ2v) is 15.8. The lowest BCUT2D eigenvalue weighted by Gasteiger charge is -2.36. The van der Waals surface area contributed by atoms with Crippen LogP contribution in [0, 0.1) is 0 Å². The van der Waals surface area contributed by atoms with Crippen molar-refractivity contribution in [3.63, 3.8) is 0 Å².